The van der Waals surface area contributed by atoms with Gasteiger partial charge in [0.15, 0.2) is 0 Å². The Bertz CT molecular complexity index is 1220. The molecule has 0 bridgehead atoms. The summed E-state index contributed by atoms with van der Waals surface area (Å²) in [5, 5.41) is 6.28. The molecule has 69 heavy (non-hydrogen) atoms. The highest BCUT2D eigenvalue weighted by atomic mass is 16.5. The highest BCUT2D eigenvalue weighted by Crippen LogP contribution is 2.23. The molecule has 0 atom stereocenters. The quantitative estimate of drug-likeness (QED) is 0.0639. The zero-order valence-electron chi connectivity index (χ0n) is 46.9. The molecule has 0 aliphatic carbocycles. The maximum atomic E-state index is 13.4. The number of ether oxygens (including phenoxy) is 1. The standard InChI is InChI=1S/C64H120N2O3/c1-4-7-10-13-16-18-20-22-24-26-28-30-32-34-36-38-40-42-44-46-48-51-56-65-63(67)60-54-55-61(62(59-60)69-58-53-50-15-12-9-6-3)64(68)66-57-52-49-47-45-43-41-39-37-35-33-31-29-27-25-23-21-19-17-14-11-8-5-2/h54-55,59H,4-53,56-58H2,1-3H3,(H,65,67)(H,66,68). The third-order valence-electron chi connectivity index (χ3n) is 14.9. The molecule has 2 N–H and O–H groups in total. The summed E-state index contributed by atoms with van der Waals surface area (Å²) in [5.74, 6) is 0.357. The van der Waals surface area contributed by atoms with Crippen molar-refractivity contribution in [3.05, 3.63) is 29.3 Å². The molecule has 5 heteroatoms. The van der Waals surface area contributed by atoms with Gasteiger partial charge in [0.1, 0.15) is 5.75 Å². The number of carbonyl (C=O) groups is 2. The van der Waals surface area contributed by atoms with Crippen molar-refractivity contribution in [3.8, 4) is 5.75 Å². The van der Waals surface area contributed by atoms with Crippen molar-refractivity contribution in [2.75, 3.05) is 19.7 Å². The number of hydrogen-bond donors (Lipinski definition) is 2. The van der Waals surface area contributed by atoms with Gasteiger partial charge in [-0.3, -0.25) is 9.59 Å². The zero-order chi connectivity index (χ0) is 49.6. The van der Waals surface area contributed by atoms with Gasteiger partial charge in [0.05, 0.1) is 12.2 Å². The summed E-state index contributed by atoms with van der Waals surface area (Å²) < 4.78 is 6.22. The van der Waals surface area contributed by atoms with Crippen molar-refractivity contribution in [1.82, 2.24) is 10.6 Å². The molecule has 5 nitrogen and oxygen atoms in total. The van der Waals surface area contributed by atoms with Gasteiger partial charge in [0, 0.05) is 18.7 Å². The van der Waals surface area contributed by atoms with Crippen LogP contribution in [0, 0.1) is 0 Å². The SMILES string of the molecule is CCCCCCCCCCCCCCCCCCCCCCCCNC(=O)c1ccc(C(=O)NCCCCCCCCCCCCCCCCCCCCCCCC)c(OCCCCCCCC)c1. The van der Waals surface area contributed by atoms with Gasteiger partial charge in [0.2, 0.25) is 0 Å². The summed E-state index contributed by atoms with van der Waals surface area (Å²) in [7, 11) is 0. The molecule has 0 saturated heterocycles. The van der Waals surface area contributed by atoms with E-state index in [2.05, 4.69) is 31.4 Å². The van der Waals surface area contributed by atoms with Gasteiger partial charge in [-0.25, -0.2) is 0 Å². The lowest BCUT2D eigenvalue weighted by Crippen LogP contribution is -2.26. The molecule has 0 unspecified atom stereocenters. The second kappa shape index (κ2) is 53.8. The summed E-state index contributed by atoms with van der Waals surface area (Å²) in [6.45, 7) is 8.77. The first-order valence-corrected chi connectivity index (χ1v) is 31.5. The summed E-state index contributed by atoms with van der Waals surface area (Å²) in [6.07, 6.45) is 67.7. The molecule has 0 fully saturated rings. The average Bonchev–Trinajstić information content (AvgIpc) is 3.36. The first kappa shape index (κ1) is 65.0. The van der Waals surface area contributed by atoms with Crippen LogP contribution in [0.4, 0.5) is 0 Å². The third kappa shape index (κ3) is 44.4. The minimum absolute atomic E-state index is 0.0790. The number of rotatable bonds is 56. The van der Waals surface area contributed by atoms with Crippen LogP contribution in [0.2, 0.25) is 0 Å². The Morgan fingerprint density at radius 1 is 0.319 bits per heavy atom. The van der Waals surface area contributed by atoms with Gasteiger partial charge < -0.3 is 15.4 Å². The maximum absolute atomic E-state index is 13.4. The van der Waals surface area contributed by atoms with Crippen LogP contribution in [0.3, 0.4) is 0 Å². The first-order chi connectivity index (χ1) is 34.1. The molecule has 0 heterocycles. The maximum Gasteiger partial charge on any atom is 0.255 e. The topological polar surface area (TPSA) is 67.4 Å². The number of carbonyl (C=O) groups excluding carboxylic acids is 2. The van der Waals surface area contributed by atoms with E-state index in [1.54, 1.807) is 18.2 Å². The Morgan fingerprint density at radius 3 is 0.855 bits per heavy atom. The first-order valence-electron chi connectivity index (χ1n) is 31.5. The van der Waals surface area contributed by atoms with Crippen LogP contribution in [0.1, 0.15) is 363 Å². The van der Waals surface area contributed by atoms with Crippen molar-refractivity contribution in [2.45, 2.75) is 342 Å². The van der Waals surface area contributed by atoms with Gasteiger partial charge in [-0.05, 0) is 37.5 Å². The van der Waals surface area contributed by atoms with E-state index in [1.165, 1.54) is 283 Å². The molecular formula is C64H120N2O3. The van der Waals surface area contributed by atoms with E-state index in [9.17, 15) is 9.59 Å². The van der Waals surface area contributed by atoms with Crippen molar-refractivity contribution in [3.63, 3.8) is 0 Å². The Labute approximate surface area is 431 Å². The lowest BCUT2D eigenvalue weighted by Gasteiger charge is -2.14. The summed E-state index contributed by atoms with van der Waals surface area (Å²) in [6, 6.07) is 5.37. The van der Waals surface area contributed by atoms with E-state index in [0.717, 1.165) is 38.5 Å². The van der Waals surface area contributed by atoms with E-state index in [4.69, 9.17) is 4.74 Å². The van der Waals surface area contributed by atoms with Gasteiger partial charge in [-0.2, -0.15) is 0 Å². The fraction of sp³-hybridized carbons (Fsp3) is 0.875. The molecule has 2 amide bonds. The van der Waals surface area contributed by atoms with Gasteiger partial charge in [0.25, 0.3) is 11.8 Å². The molecule has 1 aromatic rings. The molecule has 0 spiro atoms. The summed E-state index contributed by atoms with van der Waals surface area (Å²) >= 11 is 0. The van der Waals surface area contributed by atoms with Crippen LogP contribution in [0.5, 0.6) is 5.75 Å². The third-order valence-corrected chi connectivity index (χ3v) is 14.9. The van der Waals surface area contributed by atoms with Crippen LogP contribution in [-0.2, 0) is 0 Å². The molecule has 1 aromatic carbocycles. The normalized spacial score (nSPS) is 11.4. The van der Waals surface area contributed by atoms with Gasteiger partial charge in [-0.1, -0.05) is 323 Å². The number of benzene rings is 1. The highest BCUT2D eigenvalue weighted by molar-refractivity contribution is 6.00. The van der Waals surface area contributed by atoms with Crippen LogP contribution in [0.25, 0.3) is 0 Å². The Balaban J connectivity index is 2.16. The van der Waals surface area contributed by atoms with Crippen molar-refractivity contribution in [1.29, 1.82) is 0 Å². The molecule has 0 radical (unpaired) electrons. The fourth-order valence-electron chi connectivity index (χ4n) is 10.1. The lowest BCUT2D eigenvalue weighted by molar-refractivity contribution is 0.0937. The zero-order valence-corrected chi connectivity index (χ0v) is 46.9. The molecule has 0 aliphatic rings. The van der Waals surface area contributed by atoms with Crippen LogP contribution in [0.15, 0.2) is 18.2 Å². The van der Waals surface area contributed by atoms with Crippen LogP contribution < -0.4 is 15.4 Å². The smallest absolute Gasteiger partial charge is 0.255 e. The monoisotopic (exact) mass is 965 g/mol. The molecule has 0 saturated carbocycles. The van der Waals surface area contributed by atoms with Gasteiger partial charge >= 0.3 is 0 Å². The highest BCUT2D eigenvalue weighted by Gasteiger charge is 2.16. The van der Waals surface area contributed by atoms with E-state index in [-0.39, 0.29) is 11.8 Å². The Hall–Kier alpha value is -2.04. The van der Waals surface area contributed by atoms with E-state index >= 15 is 0 Å². The fourth-order valence-corrected chi connectivity index (χ4v) is 10.1. The average molecular weight is 966 g/mol. The number of unbranched alkanes of at least 4 members (excludes halogenated alkanes) is 47. The predicted molar refractivity (Wildman–Crippen MR) is 304 cm³/mol. The molecule has 404 valence electrons. The van der Waals surface area contributed by atoms with Crippen molar-refractivity contribution < 1.29 is 14.3 Å². The predicted octanol–water partition coefficient (Wildman–Crippen LogP) is 21.1. The molecule has 0 aliphatic heterocycles. The minimum Gasteiger partial charge on any atom is -0.493 e. The summed E-state index contributed by atoms with van der Waals surface area (Å²) in [5.41, 5.74) is 1.11. The van der Waals surface area contributed by atoms with E-state index in [1.807, 2.05) is 0 Å². The number of hydrogen-bond acceptors (Lipinski definition) is 3. The van der Waals surface area contributed by atoms with E-state index in [0.29, 0.717) is 36.6 Å². The van der Waals surface area contributed by atoms with Crippen molar-refractivity contribution >= 4 is 11.8 Å². The molecule has 0 aromatic heterocycles. The van der Waals surface area contributed by atoms with Crippen molar-refractivity contribution in [2.24, 2.45) is 0 Å². The van der Waals surface area contributed by atoms with Crippen LogP contribution in [-0.4, -0.2) is 31.5 Å². The van der Waals surface area contributed by atoms with Gasteiger partial charge in [-0.15, -0.1) is 0 Å². The Kier molecular flexibility index (Phi) is 50.6. The second-order valence-corrected chi connectivity index (χ2v) is 21.7. The minimum atomic E-state index is -0.0989. The second-order valence-electron chi connectivity index (χ2n) is 21.7. The summed E-state index contributed by atoms with van der Waals surface area (Å²) in [4.78, 5) is 26.6. The van der Waals surface area contributed by atoms with E-state index < -0.39 is 0 Å². The largest absolute Gasteiger partial charge is 0.493 e. The number of amides is 2. The number of nitrogens with one attached hydrogen (secondary N) is 2. The molecule has 1 rings (SSSR count). The Morgan fingerprint density at radius 2 is 0.565 bits per heavy atom. The van der Waals surface area contributed by atoms with Crippen LogP contribution >= 0.6 is 0 Å². The lowest BCUT2D eigenvalue weighted by atomic mass is 10.0. The molecular weight excluding hydrogens is 845 g/mol.